The average molecular weight is 295 g/mol. The van der Waals surface area contributed by atoms with Gasteiger partial charge in [-0.25, -0.2) is 4.39 Å². The Morgan fingerprint density at radius 3 is 2.67 bits per heavy atom. The number of hydrogen-bond acceptors (Lipinski definition) is 1. The van der Waals surface area contributed by atoms with Crippen molar-refractivity contribution in [3.05, 3.63) is 34.1 Å². The molecule has 84 valence electrons. The van der Waals surface area contributed by atoms with Gasteiger partial charge in [0.2, 0.25) is 0 Å². The summed E-state index contributed by atoms with van der Waals surface area (Å²) in [6, 6.07) is 4.98. The highest BCUT2D eigenvalue weighted by molar-refractivity contribution is 9.10. The van der Waals surface area contributed by atoms with E-state index in [0.717, 1.165) is 5.56 Å². The van der Waals surface area contributed by atoms with Gasteiger partial charge in [0.15, 0.2) is 0 Å². The fraction of sp³-hybridized carbons (Fsp3) is 0.455. The van der Waals surface area contributed by atoms with E-state index in [1.165, 1.54) is 6.07 Å². The highest BCUT2D eigenvalue weighted by Crippen LogP contribution is 2.17. The molecule has 0 saturated heterocycles. The van der Waals surface area contributed by atoms with Crippen LogP contribution in [0.4, 0.5) is 4.39 Å². The Kier molecular flexibility index (Phi) is 4.56. The van der Waals surface area contributed by atoms with Gasteiger partial charge in [0.05, 0.1) is 4.47 Å². The van der Waals surface area contributed by atoms with Gasteiger partial charge >= 0.3 is 0 Å². The van der Waals surface area contributed by atoms with Gasteiger partial charge in [-0.05, 0) is 47.5 Å². The number of halogens is 3. The minimum Gasteiger partial charge on any atom is -0.307 e. The van der Waals surface area contributed by atoms with E-state index in [4.69, 9.17) is 11.6 Å². The molecule has 0 fully saturated rings. The van der Waals surface area contributed by atoms with Crippen LogP contribution in [0.15, 0.2) is 22.7 Å². The van der Waals surface area contributed by atoms with Crippen LogP contribution in [0.1, 0.15) is 19.4 Å². The third-order valence-corrected chi connectivity index (χ3v) is 3.37. The SMILES string of the molecule is CC(C)(CCl)NCc1ccc(F)c(Br)c1. The molecule has 0 aliphatic carbocycles. The van der Waals surface area contributed by atoms with Gasteiger partial charge in [0.25, 0.3) is 0 Å². The summed E-state index contributed by atoms with van der Waals surface area (Å²) in [5, 5.41) is 3.30. The third kappa shape index (κ3) is 4.09. The summed E-state index contributed by atoms with van der Waals surface area (Å²) in [5.74, 6) is 0.297. The molecular weight excluding hydrogens is 280 g/mol. The van der Waals surface area contributed by atoms with E-state index in [2.05, 4.69) is 21.2 Å². The summed E-state index contributed by atoms with van der Waals surface area (Å²) >= 11 is 8.94. The number of nitrogens with one attached hydrogen (secondary N) is 1. The fourth-order valence-electron chi connectivity index (χ4n) is 1.04. The first kappa shape index (κ1) is 12.9. The Balaban J connectivity index is 2.62. The summed E-state index contributed by atoms with van der Waals surface area (Å²) in [6.45, 7) is 4.73. The molecule has 0 unspecified atom stereocenters. The lowest BCUT2D eigenvalue weighted by molar-refractivity contribution is 0.429. The molecule has 1 rings (SSSR count). The summed E-state index contributed by atoms with van der Waals surface area (Å²) in [4.78, 5) is 0. The van der Waals surface area contributed by atoms with E-state index in [1.807, 2.05) is 13.8 Å². The Morgan fingerprint density at radius 2 is 2.13 bits per heavy atom. The van der Waals surface area contributed by atoms with E-state index in [1.54, 1.807) is 12.1 Å². The molecule has 0 spiro atoms. The van der Waals surface area contributed by atoms with Crippen LogP contribution in [-0.2, 0) is 6.54 Å². The molecule has 1 aromatic rings. The van der Waals surface area contributed by atoms with Crippen molar-refractivity contribution in [3.8, 4) is 0 Å². The molecule has 0 aliphatic rings. The Hall–Kier alpha value is -0.120. The Morgan fingerprint density at radius 1 is 1.47 bits per heavy atom. The normalized spacial score (nSPS) is 11.8. The van der Waals surface area contributed by atoms with Crippen molar-refractivity contribution >= 4 is 27.5 Å². The lowest BCUT2D eigenvalue weighted by atomic mass is 10.1. The van der Waals surface area contributed by atoms with Crippen LogP contribution in [0, 0.1) is 5.82 Å². The quantitative estimate of drug-likeness (QED) is 0.835. The highest BCUT2D eigenvalue weighted by atomic mass is 79.9. The first-order chi connectivity index (χ1) is 6.94. The molecule has 0 bridgehead atoms. The van der Waals surface area contributed by atoms with E-state index in [9.17, 15) is 4.39 Å². The molecule has 1 aromatic carbocycles. The standard InChI is InChI=1S/C11H14BrClFN/c1-11(2,7-13)15-6-8-3-4-10(14)9(12)5-8/h3-5,15H,6-7H2,1-2H3. The first-order valence-corrected chi connectivity index (χ1v) is 6.02. The lowest BCUT2D eigenvalue weighted by Crippen LogP contribution is -2.40. The zero-order chi connectivity index (χ0) is 11.5. The van der Waals surface area contributed by atoms with E-state index in [-0.39, 0.29) is 11.4 Å². The summed E-state index contributed by atoms with van der Waals surface area (Å²) in [6.07, 6.45) is 0. The van der Waals surface area contributed by atoms with Crippen LogP contribution in [0.2, 0.25) is 0 Å². The molecule has 15 heavy (non-hydrogen) atoms. The van der Waals surface area contributed by atoms with Gasteiger partial charge in [0, 0.05) is 18.0 Å². The van der Waals surface area contributed by atoms with Gasteiger partial charge in [-0.15, -0.1) is 11.6 Å². The molecule has 0 aromatic heterocycles. The van der Waals surface area contributed by atoms with Crippen molar-refractivity contribution in [2.75, 3.05) is 5.88 Å². The summed E-state index contributed by atoms with van der Waals surface area (Å²) in [5.41, 5.74) is 0.920. The second kappa shape index (κ2) is 5.28. The number of alkyl halides is 1. The predicted molar refractivity (Wildman–Crippen MR) is 65.7 cm³/mol. The number of hydrogen-bond donors (Lipinski definition) is 1. The maximum Gasteiger partial charge on any atom is 0.137 e. The molecule has 4 heteroatoms. The van der Waals surface area contributed by atoms with Gasteiger partial charge in [-0.1, -0.05) is 6.07 Å². The van der Waals surface area contributed by atoms with E-state index < -0.39 is 0 Å². The van der Waals surface area contributed by atoms with Crippen LogP contribution in [0.5, 0.6) is 0 Å². The second-order valence-corrected chi connectivity index (χ2v) is 5.24. The van der Waals surface area contributed by atoms with Crippen LogP contribution >= 0.6 is 27.5 Å². The van der Waals surface area contributed by atoms with Crippen molar-refractivity contribution in [3.63, 3.8) is 0 Å². The van der Waals surface area contributed by atoms with Crippen LogP contribution in [0.25, 0.3) is 0 Å². The van der Waals surface area contributed by atoms with Crippen molar-refractivity contribution in [1.29, 1.82) is 0 Å². The molecule has 0 saturated carbocycles. The van der Waals surface area contributed by atoms with Crippen molar-refractivity contribution < 1.29 is 4.39 Å². The van der Waals surface area contributed by atoms with Crippen molar-refractivity contribution in [2.45, 2.75) is 25.9 Å². The monoisotopic (exact) mass is 293 g/mol. The predicted octanol–water partition coefficient (Wildman–Crippen LogP) is 3.70. The van der Waals surface area contributed by atoms with Crippen molar-refractivity contribution in [2.24, 2.45) is 0 Å². The molecule has 0 aliphatic heterocycles. The van der Waals surface area contributed by atoms with Gasteiger partial charge in [-0.3, -0.25) is 0 Å². The zero-order valence-corrected chi connectivity index (χ0v) is 11.1. The maximum atomic E-state index is 13.0. The average Bonchev–Trinajstić information content (AvgIpc) is 2.20. The number of rotatable bonds is 4. The molecule has 1 N–H and O–H groups in total. The van der Waals surface area contributed by atoms with Crippen LogP contribution < -0.4 is 5.32 Å². The molecule has 0 amide bonds. The van der Waals surface area contributed by atoms with Gasteiger partial charge < -0.3 is 5.32 Å². The fourth-order valence-corrected chi connectivity index (χ4v) is 1.56. The van der Waals surface area contributed by atoms with Gasteiger partial charge in [0.1, 0.15) is 5.82 Å². The Bertz CT molecular complexity index is 341. The summed E-state index contributed by atoms with van der Waals surface area (Å²) < 4.78 is 13.4. The molecular formula is C11H14BrClFN. The van der Waals surface area contributed by atoms with Gasteiger partial charge in [-0.2, -0.15) is 0 Å². The second-order valence-electron chi connectivity index (χ2n) is 4.12. The highest BCUT2D eigenvalue weighted by Gasteiger charge is 2.14. The van der Waals surface area contributed by atoms with E-state index >= 15 is 0 Å². The Labute approximate surface area is 103 Å². The topological polar surface area (TPSA) is 12.0 Å². The minimum atomic E-state index is -0.240. The lowest BCUT2D eigenvalue weighted by Gasteiger charge is -2.23. The number of benzene rings is 1. The van der Waals surface area contributed by atoms with Crippen LogP contribution in [-0.4, -0.2) is 11.4 Å². The zero-order valence-electron chi connectivity index (χ0n) is 8.78. The smallest absolute Gasteiger partial charge is 0.137 e. The molecule has 0 radical (unpaired) electrons. The summed E-state index contributed by atoms with van der Waals surface area (Å²) in [7, 11) is 0. The van der Waals surface area contributed by atoms with Crippen molar-refractivity contribution in [1.82, 2.24) is 5.32 Å². The maximum absolute atomic E-state index is 13.0. The first-order valence-electron chi connectivity index (χ1n) is 4.69. The molecule has 0 heterocycles. The third-order valence-electron chi connectivity index (χ3n) is 2.09. The molecule has 0 atom stereocenters. The minimum absolute atomic E-state index is 0.109. The van der Waals surface area contributed by atoms with E-state index in [0.29, 0.717) is 16.9 Å². The molecule has 1 nitrogen and oxygen atoms in total. The largest absolute Gasteiger partial charge is 0.307 e. The van der Waals surface area contributed by atoms with Crippen LogP contribution in [0.3, 0.4) is 0 Å².